The Hall–Kier alpha value is -3.21. The molecule has 4 rings (SSSR count). The van der Waals surface area contributed by atoms with Crippen molar-refractivity contribution in [2.24, 2.45) is 0 Å². The zero-order valence-electron chi connectivity index (χ0n) is 15.1. The van der Waals surface area contributed by atoms with Crippen LogP contribution in [-0.2, 0) is 15.0 Å². The highest BCUT2D eigenvalue weighted by atomic mass is 19.1. The first-order chi connectivity index (χ1) is 13.4. The van der Waals surface area contributed by atoms with Crippen molar-refractivity contribution >= 4 is 22.7 Å². The molecule has 0 amide bonds. The molecule has 0 aliphatic heterocycles. The van der Waals surface area contributed by atoms with Gasteiger partial charge in [0.1, 0.15) is 5.82 Å². The zero-order valence-corrected chi connectivity index (χ0v) is 15.1. The fraction of sp³-hybridized carbons (Fsp3) is 0.217. The van der Waals surface area contributed by atoms with Crippen molar-refractivity contribution in [3.63, 3.8) is 0 Å². The second-order valence-corrected chi connectivity index (χ2v) is 7.30. The van der Waals surface area contributed by atoms with E-state index in [1.54, 1.807) is 6.07 Å². The molecule has 0 atom stereocenters. The average Bonchev–Trinajstić information content (AvgIpc) is 2.92. The number of rotatable bonds is 6. The fourth-order valence-electron chi connectivity index (χ4n) is 4.46. The van der Waals surface area contributed by atoms with E-state index in [0.717, 1.165) is 27.5 Å². The minimum absolute atomic E-state index is 0.123. The van der Waals surface area contributed by atoms with E-state index >= 15 is 0 Å². The first kappa shape index (κ1) is 18.2. The molecule has 1 aliphatic rings. The molecular formula is C23H19FO4. The Bertz CT molecular complexity index is 1080. The number of aliphatic carboxylic acids is 2. The van der Waals surface area contributed by atoms with E-state index in [0.29, 0.717) is 5.56 Å². The van der Waals surface area contributed by atoms with E-state index in [2.05, 4.69) is 0 Å². The number of hydrogen-bond acceptors (Lipinski definition) is 2. The van der Waals surface area contributed by atoms with Gasteiger partial charge < -0.3 is 10.2 Å². The van der Waals surface area contributed by atoms with Gasteiger partial charge in [-0.15, -0.1) is 0 Å². The van der Waals surface area contributed by atoms with Gasteiger partial charge in [-0.3, -0.25) is 9.59 Å². The average molecular weight is 378 g/mol. The predicted octanol–water partition coefficient (Wildman–Crippen LogP) is 4.98. The highest BCUT2D eigenvalue weighted by Crippen LogP contribution is 2.54. The number of fused-ring (bicyclic) bond motifs is 4. The van der Waals surface area contributed by atoms with Gasteiger partial charge in [0, 0.05) is 18.3 Å². The molecule has 1 aliphatic carbocycles. The Morgan fingerprint density at radius 2 is 1.36 bits per heavy atom. The minimum atomic E-state index is -0.957. The Balaban J connectivity index is 2.00. The first-order valence-corrected chi connectivity index (χ1v) is 9.18. The van der Waals surface area contributed by atoms with Gasteiger partial charge in [0.2, 0.25) is 0 Å². The fourth-order valence-corrected chi connectivity index (χ4v) is 4.46. The van der Waals surface area contributed by atoms with Crippen molar-refractivity contribution in [2.75, 3.05) is 0 Å². The molecule has 0 unspecified atom stereocenters. The second kappa shape index (κ2) is 6.75. The van der Waals surface area contributed by atoms with Crippen molar-refractivity contribution in [1.82, 2.24) is 0 Å². The van der Waals surface area contributed by atoms with Crippen LogP contribution < -0.4 is 0 Å². The Morgan fingerprint density at radius 1 is 0.786 bits per heavy atom. The molecule has 0 heterocycles. The maximum absolute atomic E-state index is 14.2. The summed E-state index contributed by atoms with van der Waals surface area (Å²) in [6.07, 6.45) is 0.193. The van der Waals surface area contributed by atoms with Crippen LogP contribution in [0.3, 0.4) is 0 Å². The number of carboxylic acid groups (broad SMARTS) is 2. The van der Waals surface area contributed by atoms with Gasteiger partial charge in [-0.25, -0.2) is 4.39 Å². The highest BCUT2D eigenvalue weighted by molar-refractivity contribution is 5.93. The lowest BCUT2D eigenvalue weighted by molar-refractivity contribution is -0.137. The molecule has 0 fully saturated rings. The lowest BCUT2D eigenvalue weighted by Gasteiger charge is -2.31. The molecule has 3 aromatic rings. The molecule has 0 aromatic heterocycles. The largest absolute Gasteiger partial charge is 0.481 e. The molecule has 28 heavy (non-hydrogen) atoms. The van der Waals surface area contributed by atoms with Crippen molar-refractivity contribution in [1.29, 1.82) is 0 Å². The van der Waals surface area contributed by atoms with E-state index < -0.39 is 23.2 Å². The van der Waals surface area contributed by atoms with Crippen LogP contribution in [0.2, 0.25) is 0 Å². The summed E-state index contributed by atoms with van der Waals surface area (Å²) in [7, 11) is 0. The first-order valence-electron chi connectivity index (χ1n) is 9.18. The van der Waals surface area contributed by atoms with Crippen LogP contribution in [0.4, 0.5) is 4.39 Å². The van der Waals surface area contributed by atoms with Crippen molar-refractivity contribution < 1.29 is 24.2 Å². The summed E-state index contributed by atoms with van der Waals surface area (Å²) >= 11 is 0. The number of hydrogen-bond donors (Lipinski definition) is 2. The quantitative estimate of drug-likeness (QED) is 0.635. The van der Waals surface area contributed by atoms with E-state index in [1.165, 1.54) is 12.1 Å². The molecule has 0 saturated heterocycles. The van der Waals surface area contributed by atoms with E-state index in [-0.39, 0.29) is 25.7 Å². The van der Waals surface area contributed by atoms with Gasteiger partial charge in [-0.1, -0.05) is 30.3 Å². The summed E-state index contributed by atoms with van der Waals surface area (Å²) in [4.78, 5) is 22.7. The van der Waals surface area contributed by atoms with Gasteiger partial charge >= 0.3 is 11.9 Å². The van der Waals surface area contributed by atoms with Gasteiger partial charge in [0.25, 0.3) is 0 Å². The number of benzene rings is 3. The van der Waals surface area contributed by atoms with Crippen LogP contribution in [-0.4, -0.2) is 22.2 Å². The molecule has 0 radical (unpaired) electrons. The van der Waals surface area contributed by atoms with Crippen LogP contribution in [0, 0.1) is 5.82 Å². The number of carboxylic acids is 2. The molecule has 0 spiro atoms. The summed E-state index contributed by atoms with van der Waals surface area (Å²) in [5.74, 6) is -2.32. The highest BCUT2D eigenvalue weighted by Gasteiger charge is 2.43. The Labute approximate surface area is 161 Å². The summed E-state index contributed by atoms with van der Waals surface area (Å²) in [6, 6.07) is 16.4. The smallest absolute Gasteiger partial charge is 0.303 e. The second-order valence-electron chi connectivity index (χ2n) is 7.30. The summed E-state index contributed by atoms with van der Waals surface area (Å²) < 4.78 is 14.2. The van der Waals surface area contributed by atoms with Gasteiger partial charge in [-0.2, -0.15) is 0 Å². The monoisotopic (exact) mass is 378 g/mol. The summed E-state index contributed by atoms with van der Waals surface area (Å²) in [5.41, 5.74) is 2.49. The topological polar surface area (TPSA) is 74.6 Å². The molecular weight excluding hydrogens is 359 g/mol. The maximum atomic E-state index is 14.2. The molecule has 0 saturated carbocycles. The van der Waals surface area contributed by atoms with E-state index in [1.807, 2.05) is 36.4 Å². The van der Waals surface area contributed by atoms with Gasteiger partial charge in [0.15, 0.2) is 0 Å². The standard InChI is InChI=1S/C23H19FO4/c24-16-5-6-17-18-11-14-3-1-2-4-15(14)12-19(18)23(20(17)13-16,9-7-21(25)26)10-8-22(27)28/h1-6,11-13H,7-10H2,(H,25,26)(H,27,28). The number of carbonyl (C=O) groups is 2. The lowest BCUT2D eigenvalue weighted by Crippen LogP contribution is -2.27. The van der Waals surface area contributed by atoms with Crippen LogP contribution in [0.15, 0.2) is 54.6 Å². The summed E-state index contributed by atoms with van der Waals surface area (Å²) in [6.45, 7) is 0. The molecule has 4 nitrogen and oxygen atoms in total. The molecule has 142 valence electrons. The normalized spacial score (nSPS) is 13.9. The summed E-state index contributed by atoms with van der Waals surface area (Å²) in [5, 5.41) is 20.6. The lowest BCUT2D eigenvalue weighted by atomic mass is 9.71. The van der Waals surface area contributed by atoms with Gasteiger partial charge in [0.05, 0.1) is 0 Å². The van der Waals surface area contributed by atoms with Crippen LogP contribution in [0.5, 0.6) is 0 Å². The molecule has 2 N–H and O–H groups in total. The van der Waals surface area contributed by atoms with Crippen molar-refractivity contribution in [3.05, 3.63) is 71.5 Å². The molecule has 3 aromatic carbocycles. The number of halogens is 1. The SMILES string of the molecule is O=C(O)CCC1(CCC(=O)O)c2cc(F)ccc2-c2cc3ccccc3cc21. The third-order valence-corrected chi connectivity index (χ3v) is 5.72. The third-order valence-electron chi connectivity index (χ3n) is 5.72. The molecule has 5 heteroatoms. The molecule has 0 bridgehead atoms. The zero-order chi connectivity index (χ0) is 19.9. The minimum Gasteiger partial charge on any atom is -0.481 e. The third kappa shape index (κ3) is 2.93. The van der Waals surface area contributed by atoms with Crippen LogP contribution in [0.25, 0.3) is 21.9 Å². The van der Waals surface area contributed by atoms with Crippen molar-refractivity contribution in [2.45, 2.75) is 31.1 Å². The van der Waals surface area contributed by atoms with Crippen molar-refractivity contribution in [3.8, 4) is 11.1 Å². The van der Waals surface area contributed by atoms with E-state index in [9.17, 15) is 24.2 Å². The Morgan fingerprint density at radius 3 is 1.96 bits per heavy atom. The Kier molecular flexibility index (Phi) is 4.38. The van der Waals surface area contributed by atoms with Gasteiger partial charge in [-0.05, 0) is 70.1 Å². The predicted molar refractivity (Wildman–Crippen MR) is 104 cm³/mol. The van der Waals surface area contributed by atoms with Crippen LogP contribution >= 0.6 is 0 Å². The van der Waals surface area contributed by atoms with Crippen LogP contribution in [0.1, 0.15) is 36.8 Å². The van der Waals surface area contributed by atoms with E-state index in [4.69, 9.17) is 0 Å². The maximum Gasteiger partial charge on any atom is 0.303 e.